The lowest BCUT2D eigenvalue weighted by Crippen LogP contribution is -2.46. The Morgan fingerprint density at radius 3 is 1.88 bits per heavy atom. The molecule has 0 atom stereocenters. The maximum absolute atomic E-state index is 11.1. The van der Waals surface area contributed by atoms with Gasteiger partial charge in [-0.25, -0.2) is 0 Å². The van der Waals surface area contributed by atoms with Crippen LogP contribution in [-0.4, -0.2) is 45.1 Å². The van der Waals surface area contributed by atoms with Crippen LogP contribution in [0.15, 0.2) is 0 Å². The summed E-state index contributed by atoms with van der Waals surface area (Å²) in [6, 6.07) is 0.666. The van der Waals surface area contributed by atoms with E-state index in [9.17, 15) is 4.79 Å². The summed E-state index contributed by atoms with van der Waals surface area (Å²) in [5, 5.41) is 0. The highest BCUT2D eigenvalue weighted by Crippen LogP contribution is 2.19. The van der Waals surface area contributed by atoms with E-state index in [1.807, 2.05) is 20.8 Å². The van der Waals surface area contributed by atoms with Crippen LogP contribution in [0.5, 0.6) is 0 Å². The molecule has 0 aliphatic rings. The van der Waals surface area contributed by atoms with E-state index in [-0.39, 0.29) is 5.97 Å². The lowest BCUT2D eigenvalue weighted by Gasteiger charge is -2.28. The zero-order valence-corrected chi connectivity index (χ0v) is 14.3. The second-order valence-corrected chi connectivity index (χ2v) is 6.55. The van der Waals surface area contributed by atoms with E-state index in [1.54, 1.807) is 0 Å². The summed E-state index contributed by atoms with van der Waals surface area (Å²) in [5.74, 6) is -0.149. The third-order valence-corrected chi connectivity index (χ3v) is 5.79. The molecule has 102 valence electrons. The molecule has 0 rings (SSSR count). The third-order valence-electron chi connectivity index (χ3n) is 2.18. The minimum atomic E-state index is -2.57. The first-order chi connectivity index (χ1) is 8.14. The third kappa shape index (κ3) is 6.94. The van der Waals surface area contributed by atoms with E-state index in [0.29, 0.717) is 49.2 Å². The van der Waals surface area contributed by atoms with Crippen LogP contribution in [0.3, 0.4) is 0 Å². The largest absolute Gasteiger partial charge is 0.529 e. The molecule has 7 heteroatoms. The number of carbonyl (C=O) groups is 1. The van der Waals surface area contributed by atoms with Gasteiger partial charge in [0.15, 0.2) is 0 Å². The Balaban J connectivity index is 4.27. The molecule has 0 aromatic heterocycles. The molecule has 5 nitrogen and oxygen atoms in total. The molecule has 0 aliphatic heterocycles. The molecule has 17 heavy (non-hydrogen) atoms. The van der Waals surface area contributed by atoms with Crippen molar-refractivity contribution in [3.05, 3.63) is 0 Å². The van der Waals surface area contributed by atoms with Gasteiger partial charge < -0.3 is 17.7 Å². The molecule has 0 saturated carbocycles. The summed E-state index contributed by atoms with van der Waals surface area (Å²) in [4.78, 5) is 11.1. The van der Waals surface area contributed by atoms with E-state index < -0.39 is 8.80 Å². The van der Waals surface area contributed by atoms with Gasteiger partial charge in [0.05, 0.1) is 0 Å². The molecule has 0 N–H and O–H groups in total. The van der Waals surface area contributed by atoms with Crippen LogP contribution in [0.25, 0.3) is 0 Å². The summed E-state index contributed by atoms with van der Waals surface area (Å²) in [6.45, 7) is 7.47. The van der Waals surface area contributed by atoms with Gasteiger partial charge in [-0.3, -0.25) is 4.79 Å². The Morgan fingerprint density at radius 1 is 1.06 bits per heavy atom. The van der Waals surface area contributed by atoms with Gasteiger partial charge in [0, 0.05) is 32.3 Å². The second kappa shape index (κ2) is 9.78. The van der Waals surface area contributed by atoms with Crippen LogP contribution in [0.2, 0.25) is 6.04 Å². The van der Waals surface area contributed by atoms with Gasteiger partial charge in [0.25, 0.3) is 5.97 Å². The lowest BCUT2D eigenvalue weighted by atomic mass is 10.3. The molecule has 0 aromatic rings. The first-order valence-electron chi connectivity index (χ1n) is 6.12. The second-order valence-electron chi connectivity index (χ2n) is 3.41. The van der Waals surface area contributed by atoms with Crippen molar-refractivity contribution in [2.75, 3.05) is 19.8 Å². The fourth-order valence-electron chi connectivity index (χ4n) is 1.55. The molecular weight excluding hydrogens is 256 g/mol. The van der Waals surface area contributed by atoms with Gasteiger partial charge in [0.1, 0.15) is 0 Å². The Morgan fingerprint density at radius 2 is 1.53 bits per heavy atom. The first-order valence-corrected chi connectivity index (χ1v) is 8.87. The van der Waals surface area contributed by atoms with Gasteiger partial charge in [-0.1, -0.05) is 0 Å². The van der Waals surface area contributed by atoms with Crippen molar-refractivity contribution in [1.29, 1.82) is 0 Å². The van der Waals surface area contributed by atoms with Crippen molar-refractivity contribution < 1.29 is 22.5 Å². The molecule has 0 radical (unpaired) electrons. The van der Waals surface area contributed by atoms with E-state index in [2.05, 4.69) is 0 Å². The maximum Gasteiger partial charge on any atom is 0.500 e. The molecular formula is C10H24O5Si2. The minimum absolute atomic E-state index is 0.149. The summed E-state index contributed by atoms with van der Waals surface area (Å²) in [7, 11) is -2.12. The van der Waals surface area contributed by atoms with Crippen LogP contribution >= 0.6 is 0 Å². The number of rotatable bonds is 10. The Labute approximate surface area is 108 Å². The molecule has 0 saturated heterocycles. The lowest BCUT2D eigenvalue weighted by molar-refractivity contribution is -0.134. The van der Waals surface area contributed by atoms with Gasteiger partial charge in [0.2, 0.25) is 10.5 Å². The van der Waals surface area contributed by atoms with Gasteiger partial charge >= 0.3 is 8.80 Å². The summed E-state index contributed by atoms with van der Waals surface area (Å²) < 4.78 is 21.8. The summed E-state index contributed by atoms with van der Waals surface area (Å²) in [6.07, 6.45) is 1.10. The van der Waals surface area contributed by atoms with E-state index in [4.69, 9.17) is 17.7 Å². The topological polar surface area (TPSA) is 54.0 Å². The van der Waals surface area contributed by atoms with Crippen molar-refractivity contribution in [2.45, 2.75) is 39.7 Å². The first kappa shape index (κ1) is 16.8. The molecule has 0 aromatic carbocycles. The van der Waals surface area contributed by atoms with Crippen molar-refractivity contribution >= 4 is 25.3 Å². The monoisotopic (exact) mass is 280 g/mol. The van der Waals surface area contributed by atoms with Crippen LogP contribution in [0.4, 0.5) is 0 Å². The molecule has 0 aliphatic carbocycles. The highest BCUT2D eigenvalue weighted by atomic mass is 28.4. The van der Waals surface area contributed by atoms with E-state index in [1.165, 1.54) is 0 Å². The van der Waals surface area contributed by atoms with Crippen LogP contribution in [0, 0.1) is 0 Å². The summed E-state index contributed by atoms with van der Waals surface area (Å²) in [5.41, 5.74) is 0. The normalized spacial score (nSPS) is 11.7. The zero-order chi connectivity index (χ0) is 13.1. The SMILES string of the molecule is CCO[Si](CCCC(=O)O[SiH3])(OCC)OCC. The van der Waals surface area contributed by atoms with Crippen LogP contribution < -0.4 is 0 Å². The highest BCUT2D eigenvalue weighted by Gasteiger charge is 2.39. The van der Waals surface area contributed by atoms with Crippen LogP contribution in [-0.2, 0) is 22.5 Å². The minimum Gasteiger partial charge on any atom is -0.529 e. The number of carbonyl (C=O) groups excluding carboxylic acids is 1. The maximum atomic E-state index is 11.1. The summed E-state index contributed by atoms with van der Waals surface area (Å²) >= 11 is 0. The molecule has 0 bridgehead atoms. The molecule has 0 fully saturated rings. The quantitative estimate of drug-likeness (QED) is 0.550. The number of hydrogen-bond donors (Lipinski definition) is 0. The smallest absolute Gasteiger partial charge is 0.500 e. The Kier molecular flexibility index (Phi) is 9.65. The molecule has 0 spiro atoms. The van der Waals surface area contributed by atoms with Crippen molar-refractivity contribution in [3.8, 4) is 0 Å². The van der Waals surface area contributed by atoms with Crippen molar-refractivity contribution in [1.82, 2.24) is 0 Å². The van der Waals surface area contributed by atoms with E-state index in [0.717, 1.165) is 0 Å². The standard InChI is InChI=1S/C10H24O5Si2/c1-4-12-17(13-5-2,14-6-3)9-7-8-10(11)15-16/h4-9H2,1-3,16H3. The molecule has 0 heterocycles. The average molecular weight is 280 g/mol. The van der Waals surface area contributed by atoms with Gasteiger partial charge in [-0.2, -0.15) is 0 Å². The van der Waals surface area contributed by atoms with Crippen molar-refractivity contribution in [2.24, 2.45) is 0 Å². The zero-order valence-electron chi connectivity index (χ0n) is 11.3. The highest BCUT2D eigenvalue weighted by molar-refractivity contribution is 6.60. The Bertz CT molecular complexity index is 196. The molecule has 0 unspecified atom stereocenters. The Hall–Kier alpha value is -0.216. The van der Waals surface area contributed by atoms with Crippen molar-refractivity contribution in [3.63, 3.8) is 0 Å². The van der Waals surface area contributed by atoms with Gasteiger partial charge in [-0.05, 0) is 27.2 Å². The van der Waals surface area contributed by atoms with E-state index >= 15 is 0 Å². The molecule has 0 amide bonds. The fraction of sp³-hybridized carbons (Fsp3) is 0.900. The fourth-order valence-corrected chi connectivity index (χ4v) is 4.37. The predicted octanol–water partition coefficient (Wildman–Crippen LogP) is 0.639. The average Bonchev–Trinajstić information content (AvgIpc) is 2.30. The predicted molar refractivity (Wildman–Crippen MR) is 70.7 cm³/mol. The van der Waals surface area contributed by atoms with Crippen LogP contribution in [0.1, 0.15) is 33.6 Å². The number of hydrogen-bond acceptors (Lipinski definition) is 5. The van der Waals surface area contributed by atoms with Gasteiger partial charge in [-0.15, -0.1) is 0 Å².